The Morgan fingerprint density at radius 3 is 2.43 bits per heavy atom. The highest BCUT2D eigenvalue weighted by atomic mass is 32.2. The van der Waals surface area contributed by atoms with Crippen molar-refractivity contribution < 1.29 is 17.9 Å². The van der Waals surface area contributed by atoms with Crippen molar-refractivity contribution in [3.63, 3.8) is 0 Å². The lowest BCUT2D eigenvalue weighted by Gasteiger charge is -2.29. The zero-order valence-corrected chi connectivity index (χ0v) is 18.0. The number of methoxy groups -OCH3 is 1. The first kappa shape index (κ1) is 20.4. The van der Waals surface area contributed by atoms with Gasteiger partial charge >= 0.3 is 0 Å². The highest BCUT2D eigenvalue weighted by Gasteiger charge is 2.29. The van der Waals surface area contributed by atoms with Crippen molar-refractivity contribution in [1.82, 2.24) is 4.31 Å². The van der Waals surface area contributed by atoms with E-state index in [0.717, 1.165) is 22.3 Å². The molecule has 4 rings (SSSR count). The number of sulfonamides is 1. The fourth-order valence-electron chi connectivity index (χ4n) is 3.68. The second kappa shape index (κ2) is 8.50. The molecule has 0 aromatic heterocycles. The summed E-state index contributed by atoms with van der Waals surface area (Å²) in [7, 11) is -1.94. The molecule has 0 aliphatic carbocycles. The minimum atomic E-state index is -3.54. The van der Waals surface area contributed by atoms with Gasteiger partial charge in [0.05, 0.1) is 12.0 Å². The van der Waals surface area contributed by atoms with Crippen LogP contribution in [0.15, 0.2) is 71.6 Å². The number of hydrogen-bond donors (Lipinski definition) is 0. The SMILES string of the molecule is COc1cc2c(cc1OCc1ccccc1)CCN(S(=O)(=O)c1cccc(C)c1)C2. The Bertz CT molecular complexity index is 1140. The summed E-state index contributed by atoms with van der Waals surface area (Å²) in [6.45, 7) is 3.10. The third kappa shape index (κ3) is 4.20. The molecule has 0 spiro atoms. The first-order valence-corrected chi connectivity index (χ1v) is 11.3. The predicted octanol–water partition coefficient (Wildman–Crippen LogP) is 4.33. The van der Waals surface area contributed by atoms with Gasteiger partial charge < -0.3 is 9.47 Å². The fourth-order valence-corrected chi connectivity index (χ4v) is 5.20. The molecule has 0 radical (unpaired) electrons. The lowest BCUT2D eigenvalue weighted by atomic mass is 10.0. The van der Waals surface area contributed by atoms with Gasteiger partial charge in [0.25, 0.3) is 0 Å². The smallest absolute Gasteiger partial charge is 0.243 e. The van der Waals surface area contributed by atoms with Crippen molar-refractivity contribution in [2.24, 2.45) is 0 Å². The minimum Gasteiger partial charge on any atom is -0.493 e. The van der Waals surface area contributed by atoms with E-state index in [-0.39, 0.29) is 0 Å². The van der Waals surface area contributed by atoms with Crippen molar-refractivity contribution in [3.05, 3.63) is 89.0 Å². The van der Waals surface area contributed by atoms with E-state index in [1.807, 2.05) is 55.5 Å². The summed E-state index contributed by atoms with van der Waals surface area (Å²) in [6.07, 6.45) is 0.631. The number of aryl methyl sites for hydroxylation is 1. The quantitative estimate of drug-likeness (QED) is 0.592. The molecular weight excluding hydrogens is 398 g/mol. The average Bonchev–Trinajstić information content (AvgIpc) is 2.77. The van der Waals surface area contributed by atoms with Gasteiger partial charge in [-0.05, 0) is 59.9 Å². The second-order valence-electron chi connectivity index (χ2n) is 7.45. The first-order chi connectivity index (χ1) is 14.5. The van der Waals surface area contributed by atoms with E-state index >= 15 is 0 Å². The molecule has 6 heteroatoms. The van der Waals surface area contributed by atoms with Crippen molar-refractivity contribution in [2.45, 2.75) is 31.4 Å². The maximum atomic E-state index is 13.1. The van der Waals surface area contributed by atoms with Gasteiger partial charge in [-0.2, -0.15) is 4.31 Å². The van der Waals surface area contributed by atoms with E-state index in [1.54, 1.807) is 25.3 Å². The Morgan fingerprint density at radius 2 is 1.70 bits per heavy atom. The van der Waals surface area contributed by atoms with Gasteiger partial charge in [-0.15, -0.1) is 0 Å². The Hall–Kier alpha value is -2.83. The maximum absolute atomic E-state index is 13.1. The van der Waals surface area contributed by atoms with Crippen LogP contribution in [-0.2, 0) is 29.6 Å². The molecule has 3 aromatic rings. The van der Waals surface area contributed by atoms with Crippen LogP contribution in [0.1, 0.15) is 22.3 Å². The van der Waals surface area contributed by atoms with Gasteiger partial charge in [0.15, 0.2) is 11.5 Å². The molecule has 0 fully saturated rings. The largest absolute Gasteiger partial charge is 0.493 e. The first-order valence-electron chi connectivity index (χ1n) is 9.91. The highest BCUT2D eigenvalue weighted by Crippen LogP contribution is 2.35. The van der Waals surface area contributed by atoms with Crippen LogP contribution in [0.3, 0.4) is 0 Å². The molecule has 0 saturated heterocycles. The topological polar surface area (TPSA) is 55.8 Å². The summed E-state index contributed by atoms with van der Waals surface area (Å²) >= 11 is 0. The van der Waals surface area contributed by atoms with Crippen LogP contribution >= 0.6 is 0 Å². The van der Waals surface area contributed by atoms with Crippen LogP contribution in [0.25, 0.3) is 0 Å². The van der Waals surface area contributed by atoms with Crippen molar-refractivity contribution in [1.29, 1.82) is 0 Å². The van der Waals surface area contributed by atoms with Gasteiger partial charge in [0, 0.05) is 13.1 Å². The number of benzene rings is 3. The van der Waals surface area contributed by atoms with Gasteiger partial charge in [0.1, 0.15) is 6.61 Å². The van der Waals surface area contributed by atoms with Crippen LogP contribution < -0.4 is 9.47 Å². The molecule has 0 atom stereocenters. The molecular formula is C24H25NO4S. The van der Waals surface area contributed by atoms with Crippen LogP contribution in [0.4, 0.5) is 0 Å². The molecule has 1 aliphatic heterocycles. The van der Waals surface area contributed by atoms with Gasteiger partial charge in [-0.1, -0.05) is 42.5 Å². The van der Waals surface area contributed by atoms with Gasteiger partial charge in [0.2, 0.25) is 10.0 Å². The van der Waals surface area contributed by atoms with Crippen molar-refractivity contribution in [3.8, 4) is 11.5 Å². The maximum Gasteiger partial charge on any atom is 0.243 e. The van der Waals surface area contributed by atoms with E-state index in [2.05, 4.69) is 0 Å². The molecule has 3 aromatic carbocycles. The van der Waals surface area contributed by atoms with E-state index in [1.165, 1.54) is 4.31 Å². The zero-order valence-electron chi connectivity index (χ0n) is 17.2. The molecule has 5 nitrogen and oxygen atoms in total. The molecule has 30 heavy (non-hydrogen) atoms. The minimum absolute atomic E-state index is 0.320. The van der Waals surface area contributed by atoms with E-state index in [0.29, 0.717) is 42.5 Å². The van der Waals surface area contributed by atoms with E-state index in [4.69, 9.17) is 9.47 Å². The highest BCUT2D eigenvalue weighted by molar-refractivity contribution is 7.89. The number of hydrogen-bond acceptors (Lipinski definition) is 4. The molecule has 1 heterocycles. The summed E-state index contributed by atoms with van der Waals surface area (Å²) in [5.41, 5.74) is 4.04. The Labute approximate surface area is 177 Å². The van der Waals surface area contributed by atoms with Crippen molar-refractivity contribution >= 4 is 10.0 Å². The predicted molar refractivity (Wildman–Crippen MR) is 116 cm³/mol. The number of nitrogens with zero attached hydrogens (tertiary/aromatic N) is 1. The molecule has 0 bridgehead atoms. The van der Waals surface area contributed by atoms with Crippen molar-refractivity contribution in [2.75, 3.05) is 13.7 Å². The lowest BCUT2D eigenvalue weighted by molar-refractivity contribution is 0.283. The van der Waals surface area contributed by atoms with Crippen LogP contribution in [0.5, 0.6) is 11.5 Å². The third-order valence-electron chi connectivity index (χ3n) is 5.33. The summed E-state index contributed by atoms with van der Waals surface area (Å²) in [5, 5.41) is 0. The molecule has 0 amide bonds. The summed E-state index contributed by atoms with van der Waals surface area (Å²) in [4.78, 5) is 0.334. The Morgan fingerprint density at radius 1 is 0.933 bits per heavy atom. The van der Waals surface area contributed by atoms with Gasteiger partial charge in [-0.25, -0.2) is 8.42 Å². The number of rotatable bonds is 6. The lowest BCUT2D eigenvalue weighted by Crippen LogP contribution is -2.36. The zero-order chi connectivity index (χ0) is 21.1. The van der Waals surface area contributed by atoms with Crippen LogP contribution in [0.2, 0.25) is 0 Å². The summed E-state index contributed by atoms with van der Waals surface area (Å²) < 4.78 is 39.3. The van der Waals surface area contributed by atoms with E-state index < -0.39 is 10.0 Å². The summed E-state index contributed by atoms with van der Waals surface area (Å²) in [5.74, 6) is 1.29. The molecule has 1 aliphatic rings. The Balaban J connectivity index is 1.57. The molecule has 156 valence electrons. The number of fused-ring (bicyclic) bond motifs is 1. The standard InChI is InChI=1S/C24H25NO4S/c1-18-7-6-10-22(13-18)30(26,27)25-12-11-20-14-24(23(28-2)15-21(20)16-25)29-17-19-8-4-3-5-9-19/h3-10,13-15H,11-12,16-17H2,1-2H3. The molecule has 0 N–H and O–H groups in total. The molecule has 0 unspecified atom stereocenters. The fraction of sp³-hybridized carbons (Fsp3) is 0.250. The monoisotopic (exact) mass is 423 g/mol. The normalized spacial score (nSPS) is 14.2. The summed E-state index contributed by atoms with van der Waals surface area (Å²) in [6, 6.07) is 20.9. The number of ether oxygens (including phenoxy) is 2. The second-order valence-corrected chi connectivity index (χ2v) is 9.39. The average molecular weight is 424 g/mol. The van der Waals surface area contributed by atoms with Crippen LogP contribution in [0, 0.1) is 6.92 Å². The Kier molecular flexibility index (Phi) is 5.79. The van der Waals surface area contributed by atoms with Gasteiger partial charge in [-0.3, -0.25) is 0 Å². The third-order valence-corrected chi connectivity index (χ3v) is 7.17. The van der Waals surface area contributed by atoms with Crippen LogP contribution in [-0.4, -0.2) is 26.4 Å². The van der Waals surface area contributed by atoms with E-state index in [9.17, 15) is 8.42 Å². The molecule has 0 saturated carbocycles.